The van der Waals surface area contributed by atoms with E-state index in [1.165, 1.54) is 7.11 Å². The molecule has 2 rings (SSSR count). The largest absolute Gasteiger partial charge is 0.468 e. The molecular weight excluding hydrogens is 288 g/mol. The molecule has 2 saturated heterocycles. The predicted molar refractivity (Wildman–Crippen MR) is 78.0 cm³/mol. The first kappa shape index (κ1) is 16.6. The van der Waals surface area contributed by atoms with E-state index in [0.717, 1.165) is 12.8 Å². The van der Waals surface area contributed by atoms with Crippen molar-refractivity contribution in [3.63, 3.8) is 0 Å². The summed E-state index contributed by atoms with van der Waals surface area (Å²) in [6, 6.07) is -0.361. The highest BCUT2D eigenvalue weighted by Gasteiger charge is 2.48. The standard InChI is InChI=1S/C15H24N2O5/c1-15(2,3)22-14(20)16-10-6-5-7-17-11(10)8-9(12(17)18)13(19)21-4/h9-11H,5-8H2,1-4H3,(H,16,20)/t9-,10-,11+/m1/s1. The van der Waals surface area contributed by atoms with Gasteiger partial charge in [-0.1, -0.05) is 0 Å². The molecule has 0 aromatic rings. The molecule has 0 spiro atoms. The molecule has 0 aromatic heterocycles. The van der Waals surface area contributed by atoms with Crippen LogP contribution in [0.1, 0.15) is 40.0 Å². The number of carbonyl (C=O) groups is 3. The van der Waals surface area contributed by atoms with Gasteiger partial charge in [0.25, 0.3) is 0 Å². The highest BCUT2D eigenvalue weighted by Crippen LogP contribution is 2.32. The fourth-order valence-corrected chi connectivity index (χ4v) is 3.13. The number of nitrogens with zero attached hydrogens (tertiary/aromatic N) is 1. The summed E-state index contributed by atoms with van der Waals surface area (Å²) < 4.78 is 9.96. The third-order valence-electron chi connectivity index (χ3n) is 4.03. The van der Waals surface area contributed by atoms with E-state index in [0.29, 0.717) is 13.0 Å². The third kappa shape index (κ3) is 3.51. The Balaban J connectivity index is 2.04. The Hall–Kier alpha value is -1.79. The molecule has 2 fully saturated rings. The van der Waals surface area contributed by atoms with Crippen LogP contribution in [0, 0.1) is 5.92 Å². The third-order valence-corrected chi connectivity index (χ3v) is 4.03. The molecule has 0 unspecified atom stereocenters. The van der Waals surface area contributed by atoms with Crippen LogP contribution in [0.4, 0.5) is 4.79 Å². The predicted octanol–water partition coefficient (Wildman–Crippen LogP) is 1.06. The van der Waals surface area contributed by atoms with Crippen molar-refractivity contribution in [2.45, 2.75) is 57.7 Å². The number of piperidine rings is 1. The number of fused-ring (bicyclic) bond motifs is 1. The van der Waals surface area contributed by atoms with Crippen molar-refractivity contribution in [1.82, 2.24) is 10.2 Å². The van der Waals surface area contributed by atoms with Gasteiger partial charge < -0.3 is 19.7 Å². The van der Waals surface area contributed by atoms with Crippen molar-refractivity contribution in [1.29, 1.82) is 0 Å². The van der Waals surface area contributed by atoms with Crippen LogP contribution in [0.5, 0.6) is 0 Å². The summed E-state index contributed by atoms with van der Waals surface area (Å²) in [5.41, 5.74) is -0.571. The molecule has 7 heteroatoms. The molecule has 0 aromatic carbocycles. The van der Waals surface area contributed by atoms with Gasteiger partial charge >= 0.3 is 12.1 Å². The summed E-state index contributed by atoms with van der Waals surface area (Å²) in [5.74, 6) is -1.46. The van der Waals surface area contributed by atoms with Gasteiger partial charge in [0.2, 0.25) is 5.91 Å². The Morgan fingerprint density at radius 1 is 1.32 bits per heavy atom. The van der Waals surface area contributed by atoms with Gasteiger partial charge in [0.15, 0.2) is 0 Å². The minimum atomic E-state index is -0.754. The average Bonchev–Trinajstić information content (AvgIpc) is 2.75. The van der Waals surface area contributed by atoms with E-state index in [-0.39, 0.29) is 18.0 Å². The van der Waals surface area contributed by atoms with E-state index in [2.05, 4.69) is 5.32 Å². The maximum absolute atomic E-state index is 12.3. The smallest absolute Gasteiger partial charge is 0.407 e. The molecule has 7 nitrogen and oxygen atoms in total. The van der Waals surface area contributed by atoms with E-state index in [4.69, 9.17) is 9.47 Å². The number of rotatable bonds is 2. The lowest BCUT2D eigenvalue weighted by molar-refractivity contribution is -0.150. The van der Waals surface area contributed by atoms with Crippen molar-refractivity contribution in [2.24, 2.45) is 5.92 Å². The summed E-state index contributed by atoms with van der Waals surface area (Å²) in [6.45, 7) is 6.01. The minimum absolute atomic E-state index is 0.169. The number of methoxy groups -OCH3 is 1. The Kier molecular flexibility index (Phi) is 4.63. The molecule has 22 heavy (non-hydrogen) atoms. The lowest BCUT2D eigenvalue weighted by Crippen LogP contribution is -2.54. The van der Waals surface area contributed by atoms with Crippen LogP contribution >= 0.6 is 0 Å². The molecule has 2 heterocycles. The second-order valence-electron chi connectivity index (χ2n) is 6.81. The summed E-state index contributed by atoms with van der Waals surface area (Å²) in [5, 5.41) is 2.84. The van der Waals surface area contributed by atoms with Crippen LogP contribution in [-0.2, 0) is 19.1 Å². The number of ether oxygens (including phenoxy) is 2. The van der Waals surface area contributed by atoms with Crippen molar-refractivity contribution < 1.29 is 23.9 Å². The molecule has 0 bridgehead atoms. The van der Waals surface area contributed by atoms with Gasteiger partial charge in [-0.05, 0) is 40.0 Å². The number of hydrogen-bond acceptors (Lipinski definition) is 5. The molecule has 2 aliphatic rings. The zero-order chi connectivity index (χ0) is 16.5. The van der Waals surface area contributed by atoms with Crippen LogP contribution in [0.3, 0.4) is 0 Å². The van der Waals surface area contributed by atoms with E-state index in [1.807, 2.05) is 0 Å². The van der Waals surface area contributed by atoms with Gasteiger partial charge in [-0.2, -0.15) is 0 Å². The summed E-state index contributed by atoms with van der Waals surface area (Å²) >= 11 is 0. The minimum Gasteiger partial charge on any atom is -0.468 e. The molecule has 0 radical (unpaired) electrons. The van der Waals surface area contributed by atoms with Crippen molar-refractivity contribution in [2.75, 3.05) is 13.7 Å². The molecule has 124 valence electrons. The first-order valence-electron chi connectivity index (χ1n) is 7.61. The summed E-state index contributed by atoms with van der Waals surface area (Å²) in [7, 11) is 1.28. The second kappa shape index (κ2) is 6.14. The molecule has 0 aliphatic carbocycles. The number of esters is 1. The lowest BCUT2D eigenvalue weighted by Gasteiger charge is -2.37. The maximum Gasteiger partial charge on any atom is 0.407 e. The molecule has 2 amide bonds. The molecule has 3 atom stereocenters. The summed E-state index contributed by atoms with van der Waals surface area (Å²) in [6.07, 6.45) is 1.44. The molecule has 1 N–H and O–H groups in total. The second-order valence-corrected chi connectivity index (χ2v) is 6.81. The lowest BCUT2D eigenvalue weighted by atomic mass is 9.94. The first-order valence-corrected chi connectivity index (χ1v) is 7.61. The highest BCUT2D eigenvalue weighted by atomic mass is 16.6. The van der Waals surface area contributed by atoms with E-state index in [9.17, 15) is 14.4 Å². The fraction of sp³-hybridized carbons (Fsp3) is 0.800. The quantitative estimate of drug-likeness (QED) is 0.609. The van der Waals surface area contributed by atoms with Crippen LogP contribution in [-0.4, -0.2) is 54.2 Å². The number of hydrogen-bond donors (Lipinski definition) is 1. The number of nitrogens with one attached hydrogen (secondary N) is 1. The topological polar surface area (TPSA) is 84.9 Å². The van der Waals surface area contributed by atoms with Gasteiger partial charge in [0, 0.05) is 6.54 Å². The van der Waals surface area contributed by atoms with Gasteiger partial charge in [-0.3, -0.25) is 9.59 Å². The van der Waals surface area contributed by atoms with Crippen LogP contribution in [0.2, 0.25) is 0 Å². The van der Waals surface area contributed by atoms with E-state index >= 15 is 0 Å². The molecule has 2 aliphatic heterocycles. The highest BCUT2D eigenvalue weighted by molar-refractivity contribution is 5.99. The Morgan fingerprint density at radius 2 is 2.00 bits per heavy atom. The van der Waals surface area contributed by atoms with Crippen LogP contribution < -0.4 is 5.32 Å². The number of alkyl carbamates (subject to hydrolysis) is 1. The Labute approximate surface area is 130 Å². The van der Waals surface area contributed by atoms with Crippen molar-refractivity contribution in [3.05, 3.63) is 0 Å². The fourth-order valence-electron chi connectivity index (χ4n) is 3.13. The normalized spacial score (nSPS) is 28.1. The van der Waals surface area contributed by atoms with Crippen LogP contribution in [0.15, 0.2) is 0 Å². The average molecular weight is 312 g/mol. The van der Waals surface area contributed by atoms with Gasteiger partial charge in [-0.15, -0.1) is 0 Å². The van der Waals surface area contributed by atoms with Crippen LogP contribution in [0.25, 0.3) is 0 Å². The van der Waals surface area contributed by atoms with Crippen molar-refractivity contribution >= 4 is 18.0 Å². The SMILES string of the molecule is COC(=O)[C@@H]1C[C@H]2[C@H](NC(=O)OC(C)(C)C)CCCN2C1=O. The maximum atomic E-state index is 12.3. The Bertz CT molecular complexity index is 471. The molecule has 0 saturated carbocycles. The zero-order valence-electron chi connectivity index (χ0n) is 13.5. The zero-order valence-corrected chi connectivity index (χ0v) is 13.5. The van der Waals surface area contributed by atoms with Gasteiger partial charge in [0.05, 0.1) is 19.2 Å². The van der Waals surface area contributed by atoms with Crippen molar-refractivity contribution in [3.8, 4) is 0 Å². The molecular formula is C15H24N2O5. The van der Waals surface area contributed by atoms with E-state index in [1.54, 1.807) is 25.7 Å². The van der Waals surface area contributed by atoms with Gasteiger partial charge in [0.1, 0.15) is 11.5 Å². The van der Waals surface area contributed by atoms with E-state index < -0.39 is 23.6 Å². The monoisotopic (exact) mass is 312 g/mol. The van der Waals surface area contributed by atoms with Gasteiger partial charge in [-0.25, -0.2) is 4.79 Å². The Morgan fingerprint density at radius 3 is 2.59 bits per heavy atom. The number of amides is 2. The number of carbonyl (C=O) groups excluding carboxylic acids is 3. The first-order chi connectivity index (χ1) is 10.2. The summed E-state index contributed by atoms with van der Waals surface area (Å²) in [4.78, 5) is 37.6.